The van der Waals surface area contributed by atoms with Crippen LogP contribution in [-0.4, -0.2) is 44.3 Å². The molecule has 3 atom stereocenters. The van der Waals surface area contributed by atoms with Gasteiger partial charge in [-0.1, -0.05) is 35.9 Å². The summed E-state index contributed by atoms with van der Waals surface area (Å²) in [5.74, 6) is 0. The van der Waals surface area contributed by atoms with E-state index in [1.165, 1.54) is 5.56 Å². The van der Waals surface area contributed by atoms with Crippen molar-refractivity contribution in [3.8, 4) is 0 Å². The fourth-order valence-electron chi connectivity index (χ4n) is 4.70. The molecule has 3 N–H and O–H groups in total. The second-order valence-corrected chi connectivity index (χ2v) is 10.4. The van der Waals surface area contributed by atoms with Crippen LogP contribution in [0.4, 0.5) is 0 Å². The number of halogens is 1. The topological polar surface area (TPSA) is 74.8 Å². The van der Waals surface area contributed by atoms with Gasteiger partial charge < -0.3 is 24.6 Å². The Balaban J connectivity index is 1.64. The average molecular weight is 472 g/mol. The number of benzene rings is 2. The molecule has 1 aromatic heterocycles. The van der Waals surface area contributed by atoms with Crippen molar-refractivity contribution in [1.29, 1.82) is 0 Å². The third-order valence-corrected chi connectivity index (χ3v) is 6.72. The second-order valence-electron chi connectivity index (χ2n) is 10.0. The second kappa shape index (κ2) is 9.77. The highest BCUT2D eigenvalue weighted by Gasteiger charge is 2.31. The number of aromatic nitrogens is 1. The summed E-state index contributed by atoms with van der Waals surface area (Å²) in [6.07, 6.45) is 3.41. The highest BCUT2D eigenvalue weighted by Crippen LogP contribution is 2.39. The lowest BCUT2D eigenvalue weighted by Crippen LogP contribution is -2.33. The Kier molecular flexibility index (Phi) is 7.18. The van der Waals surface area contributed by atoms with Gasteiger partial charge in [0.25, 0.3) is 0 Å². The third kappa shape index (κ3) is 5.79. The molecule has 1 saturated heterocycles. The Morgan fingerprint density at radius 3 is 2.48 bits per heavy atom. The monoisotopic (exact) mass is 471 g/mol. The summed E-state index contributed by atoms with van der Waals surface area (Å²) in [5, 5.41) is 31.6. The number of ether oxygens (including phenoxy) is 1. The van der Waals surface area contributed by atoms with Gasteiger partial charge in [-0.25, -0.2) is 0 Å². The maximum atomic E-state index is 10.3. The van der Waals surface area contributed by atoms with Gasteiger partial charge in [-0.15, -0.1) is 0 Å². The molecule has 0 saturated carbocycles. The van der Waals surface area contributed by atoms with Crippen molar-refractivity contribution in [2.24, 2.45) is 0 Å². The number of fused-ring (bicyclic) bond motifs is 1. The minimum absolute atomic E-state index is 0.105. The normalized spacial score (nSPS) is 21.6. The summed E-state index contributed by atoms with van der Waals surface area (Å²) in [6.45, 7) is 6.24. The van der Waals surface area contributed by atoms with Crippen molar-refractivity contribution >= 4 is 22.5 Å². The van der Waals surface area contributed by atoms with E-state index in [-0.39, 0.29) is 18.8 Å². The molecule has 4 rings (SSSR count). The number of hydrogen-bond acceptors (Lipinski definition) is 4. The molecule has 178 valence electrons. The first kappa shape index (κ1) is 24.2. The number of aryl methyl sites for hydroxylation is 2. The van der Waals surface area contributed by atoms with Gasteiger partial charge in [0.1, 0.15) is 0 Å². The van der Waals surface area contributed by atoms with E-state index < -0.39 is 11.7 Å². The average Bonchev–Trinajstić information content (AvgIpc) is 3.10. The number of rotatable bonds is 7. The van der Waals surface area contributed by atoms with Crippen molar-refractivity contribution in [2.45, 2.75) is 76.9 Å². The van der Waals surface area contributed by atoms with Crippen LogP contribution in [0.1, 0.15) is 61.5 Å². The molecule has 6 heteroatoms. The van der Waals surface area contributed by atoms with E-state index in [1.807, 2.05) is 26.8 Å². The summed E-state index contributed by atoms with van der Waals surface area (Å²) in [7, 11) is 0. The van der Waals surface area contributed by atoms with Gasteiger partial charge in [0.2, 0.25) is 0 Å². The van der Waals surface area contributed by atoms with Crippen LogP contribution < -0.4 is 0 Å². The summed E-state index contributed by atoms with van der Waals surface area (Å²) in [6, 6.07) is 12.6. The van der Waals surface area contributed by atoms with Crippen LogP contribution >= 0.6 is 11.6 Å². The summed E-state index contributed by atoms with van der Waals surface area (Å²) in [4.78, 5) is 0. The lowest BCUT2D eigenvalue weighted by atomic mass is 9.95. The van der Waals surface area contributed by atoms with Crippen LogP contribution in [0.3, 0.4) is 0 Å². The van der Waals surface area contributed by atoms with E-state index in [4.69, 9.17) is 16.3 Å². The SMILES string of the molecule is Cc1cc(Cl)c2c(c1)c([C@H]1C[C@@H](O)C[C@@H](CO)O1)cn2Cc1ccc(CCC(C)(C)O)cc1. The number of hydrogen-bond donors (Lipinski definition) is 3. The van der Waals surface area contributed by atoms with Gasteiger partial charge in [-0.2, -0.15) is 0 Å². The lowest BCUT2D eigenvalue weighted by molar-refractivity contribution is -0.113. The van der Waals surface area contributed by atoms with Crippen LogP contribution in [0, 0.1) is 6.92 Å². The first-order chi connectivity index (χ1) is 15.6. The molecule has 0 aliphatic carbocycles. The van der Waals surface area contributed by atoms with E-state index >= 15 is 0 Å². The zero-order valence-electron chi connectivity index (χ0n) is 19.6. The molecule has 5 nitrogen and oxygen atoms in total. The third-order valence-electron chi connectivity index (χ3n) is 6.43. The minimum atomic E-state index is -0.669. The Labute approximate surface area is 200 Å². The molecular formula is C27H34ClNO4. The van der Waals surface area contributed by atoms with Crippen molar-refractivity contribution in [3.05, 3.63) is 69.9 Å². The maximum absolute atomic E-state index is 10.3. The molecule has 0 unspecified atom stereocenters. The quantitative estimate of drug-likeness (QED) is 0.456. The fraction of sp³-hybridized carbons (Fsp3) is 0.481. The van der Waals surface area contributed by atoms with E-state index in [9.17, 15) is 15.3 Å². The van der Waals surface area contributed by atoms with Crippen molar-refractivity contribution < 1.29 is 20.1 Å². The molecule has 3 aromatic rings. The molecule has 0 bridgehead atoms. The molecular weight excluding hydrogens is 438 g/mol. The van der Waals surface area contributed by atoms with Crippen LogP contribution in [0.25, 0.3) is 10.9 Å². The highest BCUT2D eigenvalue weighted by molar-refractivity contribution is 6.35. The largest absolute Gasteiger partial charge is 0.394 e. The standard InChI is InChI=1S/C27H34ClNO4/c1-17-10-22-23(25-13-20(31)12-21(16-30)33-25)15-29(26(22)24(28)11-17)14-19-6-4-18(5-7-19)8-9-27(2,3)32/h4-7,10-11,15,20-21,25,30-32H,8-9,12-14,16H2,1-3H3/t20-,21-,25+/m0/s1. The Morgan fingerprint density at radius 1 is 1.12 bits per heavy atom. The number of nitrogens with zero attached hydrogens (tertiary/aromatic N) is 1. The maximum Gasteiger partial charge on any atom is 0.0875 e. The molecule has 33 heavy (non-hydrogen) atoms. The van der Waals surface area contributed by atoms with Crippen molar-refractivity contribution in [1.82, 2.24) is 4.57 Å². The molecule has 0 spiro atoms. The van der Waals surface area contributed by atoms with E-state index in [0.29, 0.717) is 24.4 Å². The Bertz CT molecular complexity index is 1100. The van der Waals surface area contributed by atoms with Gasteiger partial charge in [0, 0.05) is 36.5 Å². The molecule has 2 heterocycles. The summed E-state index contributed by atoms with van der Waals surface area (Å²) < 4.78 is 8.28. The number of aliphatic hydroxyl groups is 3. The van der Waals surface area contributed by atoms with Gasteiger partial charge in [-0.3, -0.25) is 0 Å². The van der Waals surface area contributed by atoms with Crippen LogP contribution in [0.5, 0.6) is 0 Å². The molecule has 2 aromatic carbocycles. The highest BCUT2D eigenvalue weighted by atomic mass is 35.5. The zero-order valence-corrected chi connectivity index (χ0v) is 20.3. The van der Waals surface area contributed by atoms with Gasteiger partial charge in [0.05, 0.1) is 41.1 Å². The van der Waals surface area contributed by atoms with Gasteiger partial charge in [0.15, 0.2) is 0 Å². The van der Waals surface area contributed by atoms with E-state index in [1.54, 1.807) is 0 Å². The van der Waals surface area contributed by atoms with Gasteiger partial charge in [-0.05, 0) is 62.4 Å². The molecule has 1 fully saturated rings. The lowest BCUT2D eigenvalue weighted by Gasteiger charge is -2.32. The Morgan fingerprint density at radius 2 is 1.82 bits per heavy atom. The first-order valence-corrected chi connectivity index (χ1v) is 12.0. The molecule has 0 radical (unpaired) electrons. The minimum Gasteiger partial charge on any atom is -0.394 e. The van der Waals surface area contributed by atoms with Crippen LogP contribution in [-0.2, 0) is 17.7 Å². The van der Waals surface area contributed by atoms with Crippen LogP contribution in [0.2, 0.25) is 5.02 Å². The fourth-order valence-corrected chi connectivity index (χ4v) is 5.08. The first-order valence-electron chi connectivity index (χ1n) is 11.7. The van der Waals surface area contributed by atoms with E-state index in [2.05, 4.69) is 41.1 Å². The van der Waals surface area contributed by atoms with Crippen molar-refractivity contribution in [3.63, 3.8) is 0 Å². The molecule has 0 amide bonds. The van der Waals surface area contributed by atoms with Gasteiger partial charge >= 0.3 is 0 Å². The Hall–Kier alpha value is -1.89. The predicted molar refractivity (Wildman–Crippen MR) is 132 cm³/mol. The predicted octanol–water partition coefficient (Wildman–Crippen LogP) is 4.93. The smallest absolute Gasteiger partial charge is 0.0875 e. The zero-order chi connectivity index (χ0) is 23.8. The molecule has 1 aliphatic heterocycles. The molecule has 1 aliphatic rings. The number of aliphatic hydroxyl groups excluding tert-OH is 2. The summed E-state index contributed by atoms with van der Waals surface area (Å²) >= 11 is 6.71. The van der Waals surface area contributed by atoms with E-state index in [0.717, 1.165) is 40.4 Å². The van der Waals surface area contributed by atoms with Crippen LogP contribution in [0.15, 0.2) is 42.6 Å². The van der Waals surface area contributed by atoms with Crippen molar-refractivity contribution in [2.75, 3.05) is 6.61 Å². The summed E-state index contributed by atoms with van der Waals surface area (Å²) in [5.41, 5.74) is 4.70.